The molecule has 0 fully saturated rings. The largest absolute Gasteiger partial charge is 0.480 e. The van der Waals surface area contributed by atoms with E-state index in [4.69, 9.17) is 5.11 Å². The smallest absolute Gasteiger partial charge is 0.325 e. The quantitative estimate of drug-likeness (QED) is 0.794. The third kappa shape index (κ3) is 2.33. The summed E-state index contributed by atoms with van der Waals surface area (Å²) < 4.78 is 0. The fourth-order valence-electron chi connectivity index (χ4n) is 1.50. The topological polar surface area (TPSA) is 40.5 Å². The molecule has 1 aromatic carbocycles. The van der Waals surface area contributed by atoms with Gasteiger partial charge in [0.25, 0.3) is 0 Å². The Kier molecular flexibility index (Phi) is 3.25. The molecule has 0 radical (unpaired) electrons. The maximum absolute atomic E-state index is 11.0. The molecule has 1 rings (SSSR count). The molecular weight excluding hydrogens is 178 g/mol. The van der Waals surface area contributed by atoms with Crippen LogP contribution in [-0.2, 0) is 4.79 Å². The van der Waals surface area contributed by atoms with Crippen molar-refractivity contribution >= 4 is 5.97 Å². The maximum Gasteiger partial charge on any atom is 0.325 e. The van der Waals surface area contributed by atoms with Crippen LogP contribution in [0.5, 0.6) is 0 Å². The first-order chi connectivity index (χ1) is 6.52. The average molecular weight is 193 g/mol. The van der Waals surface area contributed by atoms with Crippen LogP contribution in [0, 0.1) is 6.92 Å². The summed E-state index contributed by atoms with van der Waals surface area (Å²) in [5.41, 5.74) is 1.90. The first-order valence-corrected chi connectivity index (χ1v) is 4.48. The minimum atomic E-state index is -0.819. The number of aliphatic carboxylic acids is 1. The van der Waals surface area contributed by atoms with Gasteiger partial charge in [0.1, 0.15) is 6.04 Å². The molecule has 3 nitrogen and oxygen atoms in total. The van der Waals surface area contributed by atoms with Crippen LogP contribution < -0.4 is 0 Å². The fourth-order valence-corrected chi connectivity index (χ4v) is 1.50. The highest BCUT2D eigenvalue weighted by Crippen LogP contribution is 2.19. The molecule has 0 saturated heterocycles. The molecule has 0 heterocycles. The number of hydrogen-bond donors (Lipinski definition) is 1. The molecule has 0 aliphatic heterocycles. The van der Waals surface area contributed by atoms with Gasteiger partial charge in [0.15, 0.2) is 0 Å². The summed E-state index contributed by atoms with van der Waals surface area (Å²) in [6.45, 7) is 1.96. The second-order valence-corrected chi connectivity index (χ2v) is 3.62. The lowest BCUT2D eigenvalue weighted by molar-refractivity contribution is -0.142. The predicted molar refractivity (Wildman–Crippen MR) is 55.2 cm³/mol. The summed E-state index contributed by atoms with van der Waals surface area (Å²) in [7, 11) is 3.53. The highest BCUT2D eigenvalue weighted by molar-refractivity contribution is 5.75. The molecular formula is C11H15NO2. The number of likely N-dealkylation sites (N-methyl/N-ethyl adjacent to an activating group) is 1. The lowest BCUT2D eigenvalue weighted by Crippen LogP contribution is -2.27. The zero-order valence-electron chi connectivity index (χ0n) is 8.69. The molecule has 76 valence electrons. The van der Waals surface area contributed by atoms with Crippen LogP contribution in [0.25, 0.3) is 0 Å². The Hall–Kier alpha value is -1.35. The first-order valence-electron chi connectivity index (χ1n) is 4.48. The van der Waals surface area contributed by atoms with Crippen molar-refractivity contribution in [1.29, 1.82) is 0 Å². The SMILES string of the molecule is Cc1cccc([C@H](C(=O)O)N(C)C)c1. The molecule has 0 bridgehead atoms. The van der Waals surface area contributed by atoms with E-state index >= 15 is 0 Å². The Balaban J connectivity index is 3.05. The van der Waals surface area contributed by atoms with Crippen LogP contribution in [0.2, 0.25) is 0 Å². The van der Waals surface area contributed by atoms with Gasteiger partial charge >= 0.3 is 5.97 Å². The van der Waals surface area contributed by atoms with Crippen molar-refractivity contribution in [3.05, 3.63) is 35.4 Å². The van der Waals surface area contributed by atoms with E-state index in [0.29, 0.717) is 0 Å². The minimum absolute atomic E-state index is 0.560. The summed E-state index contributed by atoms with van der Waals surface area (Å²) in [5.74, 6) is -0.819. The number of benzene rings is 1. The lowest BCUT2D eigenvalue weighted by atomic mass is 10.0. The van der Waals surface area contributed by atoms with Gasteiger partial charge in [-0.25, -0.2) is 0 Å². The molecule has 3 heteroatoms. The van der Waals surface area contributed by atoms with Gasteiger partial charge in [-0.15, -0.1) is 0 Å². The Morgan fingerprint density at radius 2 is 2.07 bits per heavy atom. The number of nitrogens with zero attached hydrogens (tertiary/aromatic N) is 1. The van der Waals surface area contributed by atoms with Gasteiger partial charge in [0, 0.05) is 0 Å². The van der Waals surface area contributed by atoms with Gasteiger partial charge < -0.3 is 5.11 Å². The standard InChI is InChI=1S/C11H15NO2/c1-8-5-4-6-9(7-8)10(11(13)14)12(2)3/h4-7,10H,1-3H3,(H,13,14)/t10-/m1/s1. The molecule has 0 amide bonds. The summed E-state index contributed by atoms with van der Waals surface area (Å²) in [4.78, 5) is 12.7. The van der Waals surface area contributed by atoms with Crippen LogP contribution >= 0.6 is 0 Å². The van der Waals surface area contributed by atoms with Crippen molar-refractivity contribution in [2.75, 3.05) is 14.1 Å². The summed E-state index contributed by atoms with van der Waals surface area (Å²) >= 11 is 0. The molecule has 0 saturated carbocycles. The average Bonchev–Trinajstić information content (AvgIpc) is 2.02. The first kappa shape index (κ1) is 10.7. The van der Waals surface area contributed by atoms with E-state index in [2.05, 4.69) is 0 Å². The van der Waals surface area contributed by atoms with Crippen molar-refractivity contribution in [2.45, 2.75) is 13.0 Å². The van der Waals surface area contributed by atoms with E-state index < -0.39 is 12.0 Å². The summed E-state index contributed by atoms with van der Waals surface area (Å²) in [6.07, 6.45) is 0. The number of carboxylic acid groups (broad SMARTS) is 1. The van der Waals surface area contributed by atoms with Gasteiger partial charge in [0.05, 0.1) is 0 Å². The third-order valence-corrected chi connectivity index (χ3v) is 2.11. The van der Waals surface area contributed by atoms with Crippen LogP contribution in [-0.4, -0.2) is 30.1 Å². The normalized spacial score (nSPS) is 12.9. The number of hydrogen-bond acceptors (Lipinski definition) is 2. The van der Waals surface area contributed by atoms with E-state index in [1.165, 1.54) is 0 Å². The molecule has 0 aliphatic rings. The highest BCUT2D eigenvalue weighted by Gasteiger charge is 2.21. The molecule has 0 spiro atoms. The fraction of sp³-hybridized carbons (Fsp3) is 0.364. The van der Waals surface area contributed by atoms with E-state index in [1.807, 2.05) is 31.2 Å². The van der Waals surface area contributed by atoms with Crippen LogP contribution in [0.1, 0.15) is 17.2 Å². The van der Waals surface area contributed by atoms with Crippen LogP contribution in [0.3, 0.4) is 0 Å². The van der Waals surface area contributed by atoms with E-state index in [0.717, 1.165) is 11.1 Å². The highest BCUT2D eigenvalue weighted by atomic mass is 16.4. The van der Waals surface area contributed by atoms with Crippen molar-refractivity contribution in [3.63, 3.8) is 0 Å². The van der Waals surface area contributed by atoms with E-state index in [-0.39, 0.29) is 0 Å². The van der Waals surface area contributed by atoms with Gasteiger partial charge in [-0.2, -0.15) is 0 Å². The molecule has 0 aliphatic carbocycles. The Morgan fingerprint density at radius 1 is 1.43 bits per heavy atom. The molecule has 0 unspecified atom stereocenters. The Labute approximate surface area is 84.0 Å². The van der Waals surface area contributed by atoms with Crippen LogP contribution in [0.15, 0.2) is 24.3 Å². The lowest BCUT2D eigenvalue weighted by Gasteiger charge is -2.20. The molecule has 14 heavy (non-hydrogen) atoms. The Morgan fingerprint density at radius 3 is 2.50 bits per heavy atom. The predicted octanol–water partition coefficient (Wildman–Crippen LogP) is 1.68. The van der Waals surface area contributed by atoms with Gasteiger partial charge in [-0.1, -0.05) is 29.8 Å². The number of rotatable bonds is 3. The van der Waals surface area contributed by atoms with Crippen molar-refractivity contribution in [3.8, 4) is 0 Å². The van der Waals surface area contributed by atoms with E-state index in [9.17, 15) is 4.79 Å². The summed E-state index contributed by atoms with van der Waals surface area (Å²) in [6, 6.07) is 7.02. The third-order valence-electron chi connectivity index (χ3n) is 2.11. The van der Waals surface area contributed by atoms with Gasteiger partial charge in [-0.3, -0.25) is 9.69 Å². The van der Waals surface area contributed by atoms with E-state index in [1.54, 1.807) is 19.0 Å². The second-order valence-electron chi connectivity index (χ2n) is 3.62. The molecule has 0 aromatic heterocycles. The zero-order chi connectivity index (χ0) is 10.7. The van der Waals surface area contributed by atoms with Crippen molar-refractivity contribution in [1.82, 2.24) is 4.90 Å². The number of carbonyl (C=O) groups is 1. The number of carboxylic acids is 1. The van der Waals surface area contributed by atoms with Crippen molar-refractivity contribution < 1.29 is 9.90 Å². The summed E-state index contributed by atoms with van der Waals surface area (Å²) in [5, 5.41) is 9.05. The minimum Gasteiger partial charge on any atom is -0.480 e. The molecule has 1 N–H and O–H groups in total. The molecule has 1 atom stereocenters. The zero-order valence-corrected chi connectivity index (χ0v) is 8.69. The number of aryl methyl sites for hydroxylation is 1. The maximum atomic E-state index is 11.0. The van der Waals surface area contributed by atoms with Crippen LogP contribution in [0.4, 0.5) is 0 Å². The Bertz CT molecular complexity index is 334. The molecule has 1 aromatic rings. The van der Waals surface area contributed by atoms with Crippen molar-refractivity contribution in [2.24, 2.45) is 0 Å². The second kappa shape index (κ2) is 4.24. The van der Waals surface area contributed by atoms with Gasteiger partial charge in [-0.05, 0) is 26.6 Å². The monoisotopic (exact) mass is 193 g/mol. The van der Waals surface area contributed by atoms with Gasteiger partial charge in [0.2, 0.25) is 0 Å².